The molecule has 228 valence electrons. The molecular weight excluding hydrogens is 708 g/mol. The molecule has 0 fully saturated rings. The fraction of sp³-hybridized carbons (Fsp3) is 0.265. The molecule has 3 aromatic carbocycles. The van der Waals surface area contributed by atoms with Crippen molar-refractivity contribution in [2.24, 2.45) is 4.99 Å². The van der Waals surface area contributed by atoms with E-state index in [4.69, 9.17) is 14.2 Å². The Morgan fingerprint density at radius 1 is 1.09 bits per heavy atom. The van der Waals surface area contributed by atoms with Crippen LogP contribution in [0.25, 0.3) is 6.08 Å². The number of esters is 1. The molecule has 0 saturated carbocycles. The Morgan fingerprint density at radius 2 is 1.80 bits per heavy atom. The van der Waals surface area contributed by atoms with Gasteiger partial charge in [-0.15, -0.1) is 0 Å². The van der Waals surface area contributed by atoms with E-state index in [0.717, 1.165) is 21.2 Å². The summed E-state index contributed by atoms with van der Waals surface area (Å²) >= 11 is 8.35. The number of methoxy groups -OCH3 is 1. The van der Waals surface area contributed by atoms with Gasteiger partial charge in [0.05, 0.1) is 40.0 Å². The van der Waals surface area contributed by atoms with Crippen molar-refractivity contribution in [3.05, 3.63) is 123 Å². The molecule has 0 spiro atoms. The number of carbonyl (C=O) groups is 1. The number of hydrogen-bond donors (Lipinski definition) is 0. The van der Waals surface area contributed by atoms with Crippen LogP contribution in [-0.2, 0) is 16.1 Å². The molecule has 1 atom stereocenters. The van der Waals surface area contributed by atoms with Gasteiger partial charge in [-0.2, -0.15) is 0 Å². The summed E-state index contributed by atoms with van der Waals surface area (Å²) in [5.74, 6) is 0.961. The van der Waals surface area contributed by atoms with E-state index in [-0.39, 0.29) is 12.2 Å². The van der Waals surface area contributed by atoms with E-state index in [0.29, 0.717) is 49.1 Å². The summed E-state index contributed by atoms with van der Waals surface area (Å²) in [6.45, 7) is 8.38. The molecule has 2 heterocycles. The average molecular weight is 741 g/mol. The molecule has 0 amide bonds. The van der Waals surface area contributed by atoms with Gasteiger partial charge in [-0.3, -0.25) is 9.36 Å². The third kappa shape index (κ3) is 6.62. The second kappa shape index (κ2) is 13.7. The molecule has 0 radical (unpaired) electrons. The number of rotatable bonds is 9. The quantitative estimate of drug-likeness (QED) is 0.172. The number of nitrogens with zero attached hydrogens (tertiary/aromatic N) is 2. The van der Waals surface area contributed by atoms with Crippen molar-refractivity contribution >= 4 is 55.2 Å². The van der Waals surface area contributed by atoms with Gasteiger partial charge in [0, 0.05) is 4.47 Å². The number of thiazole rings is 1. The van der Waals surface area contributed by atoms with E-state index in [1.807, 2.05) is 60.7 Å². The standard InChI is InChI=1S/C34H32Br2N2O5S/c1-6-42-33(40)29-20(4)37-34-38(30(29)24-11-9-23(10-12-24)19(2)3)32(39)28(44-34)17-22-15-26(36)31(27(16-22)41-5)43-18-21-7-13-25(35)14-8-21/h7-17,19,30H,6,18H2,1-5H3/b28-17+. The minimum absolute atomic E-state index is 0.221. The van der Waals surface area contributed by atoms with Crippen molar-refractivity contribution in [1.82, 2.24) is 4.57 Å². The zero-order valence-corrected chi connectivity index (χ0v) is 29.0. The highest BCUT2D eigenvalue weighted by Gasteiger charge is 2.33. The number of halogens is 2. The third-order valence-corrected chi connectivity index (χ3v) is 9.38. The van der Waals surface area contributed by atoms with Gasteiger partial charge in [0.25, 0.3) is 5.56 Å². The molecule has 0 aliphatic carbocycles. The van der Waals surface area contributed by atoms with Crippen LogP contribution in [0.1, 0.15) is 61.9 Å². The first-order valence-electron chi connectivity index (χ1n) is 14.2. The molecule has 1 aromatic heterocycles. The summed E-state index contributed by atoms with van der Waals surface area (Å²) in [6, 6.07) is 19.0. The first kappa shape index (κ1) is 31.9. The van der Waals surface area contributed by atoms with Gasteiger partial charge in [-0.1, -0.05) is 77.5 Å². The van der Waals surface area contributed by atoms with Crippen molar-refractivity contribution in [2.45, 2.75) is 46.3 Å². The first-order chi connectivity index (χ1) is 21.1. The van der Waals surface area contributed by atoms with Crippen LogP contribution in [0, 0.1) is 0 Å². The predicted octanol–water partition coefficient (Wildman–Crippen LogP) is 7.03. The van der Waals surface area contributed by atoms with E-state index < -0.39 is 12.0 Å². The van der Waals surface area contributed by atoms with E-state index in [2.05, 4.69) is 50.7 Å². The minimum Gasteiger partial charge on any atom is -0.493 e. The lowest BCUT2D eigenvalue weighted by Crippen LogP contribution is -2.39. The van der Waals surface area contributed by atoms with Crippen LogP contribution in [0.15, 0.2) is 90.7 Å². The molecule has 0 bridgehead atoms. The molecule has 1 unspecified atom stereocenters. The second-order valence-electron chi connectivity index (χ2n) is 10.6. The summed E-state index contributed by atoms with van der Waals surface area (Å²) in [7, 11) is 1.58. The summed E-state index contributed by atoms with van der Waals surface area (Å²) in [5, 5.41) is 0. The fourth-order valence-corrected chi connectivity index (χ4v) is 6.91. The van der Waals surface area contributed by atoms with Crippen LogP contribution >= 0.6 is 43.2 Å². The monoisotopic (exact) mass is 738 g/mol. The Labute approximate surface area is 276 Å². The molecule has 5 rings (SSSR count). The maximum absolute atomic E-state index is 14.0. The average Bonchev–Trinajstić information content (AvgIpc) is 3.30. The van der Waals surface area contributed by atoms with Crippen LogP contribution in [0.4, 0.5) is 0 Å². The van der Waals surface area contributed by atoms with Crippen molar-refractivity contribution in [3.8, 4) is 11.5 Å². The van der Waals surface area contributed by atoms with Crippen molar-refractivity contribution in [1.29, 1.82) is 0 Å². The highest BCUT2D eigenvalue weighted by molar-refractivity contribution is 9.10. The molecule has 1 aliphatic heterocycles. The summed E-state index contributed by atoms with van der Waals surface area (Å²) in [5.41, 5.74) is 4.39. The molecule has 44 heavy (non-hydrogen) atoms. The number of aromatic nitrogens is 1. The Kier molecular flexibility index (Phi) is 9.92. The number of carbonyl (C=O) groups excluding carboxylic acids is 1. The van der Waals surface area contributed by atoms with Crippen LogP contribution in [0.5, 0.6) is 11.5 Å². The Morgan fingerprint density at radius 3 is 2.43 bits per heavy atom. The van der Waals surface area contributed by atoms with Gasteiger partial charge < -0.3 is 14.2 Å². The number of hydrogen-bond acceptors (Lipinski definition) is 7. The maximum Gasteiger partial charge on any atom is 0.338 e. The Hall–Kier alpha value is -3.47. The van der Waals surface area contributed by atoms with Crippen LogP contribution in [-0.4, -0.2) is 24.3 Å². The lowest BCUT2D eigenvalue weighted by atomic mass is 9.93. The van der Waals surface area contributed by atoms with Crippen LogP contribution in [0.2, 0.25) is 0 Å². The Bertz CT molecular complexity index is 1910. The second-order valence-corrected chi connectivity index (χ2v) is 13.4. The van der Waals surface area contributed by atoms with Crippen molar-refractivity contribution in [2.75, 3.05) is 13.7 Å². The van der Waals surface area contributed by atoms with Gasteiger partial charge in [0.1, 0.15) is 6.61 Å². The van der Waals surface area contributed by atoms with Gasteiger partial charge in [-0.25, -0.2) is 9.79 Å². The van der Waals surface area contributed by atoms with Crippen molar-refractivity contribution < 1.29 is 19.0 Å². The lowest BCUT2D eigenvalue weighted by molar-refractivity contribution is -0.139. The molecule has 7 nitrogen and oxygen atoms in total. The van der Waals surface area contributed by atoms with E-state index in [1.54, 1.807) is 31.6 Å². The lowest BCUT2D eigenvalue weighted by Gasteiger charge is -2.25. The molecule has 10 heteroatoms. The highest BCUT2D eigenvalue weighted by atomic mass is 79.9. The van der Waals surface area contributed by atoms with Gasteiger partial charge in [-0.05, 0) is 88.3 Å². The smallest absolute Gasteiger partial charge is 0.338 e. The topological polar surface area (TPSA) is 79.1 Å². The molecular formula is C34H32Br2N2O5S. The molecule has 4 aromatic rings. The molecule has 0 N–H and O–H groups in total. The highest BCUT2D eigenvalue weighted by Crippen LogP contribution is 2.37. The fourth-order valence-electron chi connectivity index (χ4n) is 5.02. The van der Waals surface area contributed by atoms with Gasteiger partial charge in [0.2, 0.25) is 0 Å². The van der Waals surface area contributed by atoms with E-state index in [1.165, 1.54) is 16.9 Å². The largest absolute Gasteiger partial charge is 0.493 e. The van der Waals surface area contributed by atoms with Crippen LogP contribution < -0.4 is 24.4 Å². The Balaban J connectivity index is 1.57. The predicted molar refractivity (Wildman–Crippen MR) is 180 cm³/mol. The van der Waals surface area contributed by atoms with Crippen LogP contribution in [0.3, 0.4) is 0 Å². The summed E-state index contributed by atoms with van der Waals surface area (Å²) in [6.07, 6.45) is 1.80. The SMILES string of the molecule is CCOC(=O)C1=C(C)N=c2s/c(=C/c3cc(Br)c(OCc4ccc(Br)cc4)c(OC)c3)c(=O)n2C1c1ccc(C(C)C)cc1. The third-order valence-electron chi connectivity index (χ3n) is 7.28. The zero-order valence-electron chi connectivity index (χ0n) is 25.0. The summed E-state index contributed by atoms with van der Waals surface area (Å²) in [4.78, 5) is 32.4. The number of fused-ring (bicyclic) bond motifs is 1. The zero-order chi connectivity index (χ0) is 31.5. The maximum atomic E-state index is 14.0. The minimum atomic E-state index is -0.663. The summed E-state index contributed by atoms with van der Waals surface area (Å²) < 4.78 is 20.9. The van der Waals surface area contributed by atoms with E-state index in [9.17, 15) is 9.59 Å². The van der Waals surface area contributed by atoms with Gasteiger partial charge in [0.15, 0.2) is 16.3 Å². The van der Waals surface area contributed by atoms with Crippen molar-refractivity contribution in [3.63, 3.8) is 0 Å². The normalized spacial score (nSPS) is 14.8. The van der Waals surface area contributed by atoms with Gasteiger partial charge >= 0.3 is 5.97 Å². The number of ether oxygens (including phenoxy) is 3. The first-order valence-corrected chi connectivity index (χ1v) is 16.6. The number of allylic oxidation sites excluding steroid dienone is 1. The molecule has 1 aliphatic rings. The van der Waals surface area contributed by atoms with E-state index >= 15 is 0 Å². The molecule has 0 saturated heterocycles. The number of benzene rings is 3.